The van der Waals surface area contributed by atoms with E-state index in [1.54, 1.807) is 4.90 Å². The van der Waals surface area contributed by atoms with Crippen molar-refractivity contribution < 1.29 is 9.53 Å². The molecule has 0 aromatic heterocycles. The molecule has 0 spiro atoms. The largest absolute Gasteiger partial charge is 0.450 e. The van der Waals surface area contributed by atoms with Crippen molar-refractivity contribution in [3.8, 4) is 0 Å². The van der Waals surface area contributed by atoms with Crippen LogP contribution in [0.3, 0.4) is 0 Å². The van der Waals surface area contributed by atoms with Gasteiger partial charge >= 0.3 is 6.09 Å². The minimum absolute atomic E-state index is 0. The van der Waals surface area contributed by atoms with Crippen LogP contribution in [0.25, 0.3) is 0 Å². The van der Waals surface area contributed by atoms with Gasteiger partial charge in [0.25, 0.3) is 0 Å². The molecule has 0 aromatic rings. The maximum Gasteiger partial charge on any atom is 0.409 e. The van der Waals surface area contributed by atoms with Gasteiger partial charge in [0.1, 0.15) is 0 Å². The van der Waals surface area contributed by atoms with E-state index in [9.17, 15) is 4.79 Å². The number of likely N-dealkylation sites (tertiary alicyclic amines) is 1. The third-order valence-electron chi connectivity index (χ3n) is 1.88. The third kappa shape index (κ3) is 5.21. The number of piperidine rings is 1. The van der Waals surface area contributed by atoms with Gasteiger partial charge in [-0.3, -0.25) is 0 Å². The van der Waals surface area contributed by atoms with Gasteiger partial charge in [-0.25, -0.2) is 4.79 Å². The zero-order valence-corrected chi connectivity index (χ0v) is 9.46. The van der Waals surface area contributed by atoms with Gasteiger partial charge in [0.2, 0.25) is 0 Å². The van der Waals surface area contributed by atoms with E-state index in [4.69, 9.17) is 4.74 Å². The molecule has 1 rings (SSSR count). The van der Waals surface area contributed by atoms with Crippen molar-refractivity contribution >= 4 is 30.9 Å². The summed E-state index contributed by atoms with van der Waals surface area (Å²) in [7, 11) is 0. The Morgan fingerprint density at radius 2 is 1.77 bits per heavy atom. The zero-order chi connectivity index (χ0) is 8.10. The molecule has 0 radical (unpaired) electrons. The smallest absolute Gasteiger partial charge is 0.409 e. The molecule has 13 heavy (non-hydrogen) atoms. The Morgan fingerprint density at radius 3 is 2.23 bits per heavy atom. The number of carbonyl (C=O) groups excluding carboxylic acids is 1. The Bertz CT molecular complexity index is 138. The number of rotatable bonds is 1. The predicted molar refractivity (Wildman–Crippen MR) is 56.9 cm³/mol. The Morgan fingerprint density at radius 1 is 1.23 bits per heavy atom. The van der Waals surface area contributed by atoms with E-state index in [0.29, 0.717) is 6.61 Å². The van der Waals surface area contributed by atoms with Crippen LogP contribution in [0, 0.1) is 0 Å². The van der Waals surface area contributed by atoms with E-state index in [-0.39, 0.29) is 30.9 Å². The van der Waals surface area contributed by atoms with Crippen LogP contribution in [0.15, 0.2) is 0 Å². The quantitative estimate of drug-likeness (QED) is 0.692. The molecule has 0 unspecified atom stereocenters. The Balaban J connectivity index is 0. The van der Waals surface area contributed by atoms with E-state index in [1.165, 1.54) is 6.42 Å². The van der Waals surface area contributed by atoms with Crippen LogP contribution < -0.4 is 0 Å². The Hall–Kier alpha value is -0.150. The van der Waals surface area contributed by atoms with E-state index in [0.717, 1.165) is 25.9 Å². The summed E-state index contributed by atoms with van der Waals surface area (Å²) in [5.41, 5.74) is 0. The van der Waals surface area contributed by atoms with Gasteiger partial charge in [-0.05, 0) is 26.2 Å². The number of halogens is 2. The lowest BCUT2D eigenvalue weighted by atomic mass is 10.1. The lowest BCUT2D eigenvalue weighted by Crippen LogP contribution is -2.35. The highest BCUT2D eigenvalue weighted by atomic mass is 35.5. The molecule has 1 amide bonds. The molecular weight excluding hydrogens is 213 g/mol. The fourth-order valence-corrected chi connectivity index (χ4v) is 1.29. The summed E-state index contributed by atoms with van der Waals surface area (Å²) in [5, 5.41) is 0. The minimum Gasteiger partial charge on any atom is -0.450 e. The molecule has 1 saturated heterocycles. The Labute approximate surface area is 91.6 Å². The highest BCUT2D eigenvalue weighted by Crippen LogP contribution is 2.09. The summed E-state index contributed by atoms with van der Waals surface area (Å²) in [6, 6.07) is 0. The third-order valence-corrected chi connectivity index (χ3v) is 1.88. The van der Waals surface area contributed by atoms with E-state index >= 15 is 0 Å². The molecule has 0 aliphatic carbocycles. The first-order chi connectivity index (χ1) is 5.34. The van der Waals surface area contributed by atoms with Gasteiger partial charge in [-0.15, -0.1) is 24.8 Å². The van der Waals surface area contributed by atoms with Gasteiger partial charge in [-0.1, -0.05) is 0 Å². The number of hydrogen-bond donors (Lipinski definition) is 0. The van der Waals surface area contributed by atoms with E-state index < -0.39 is 0 Å². The van der Waals surface area contributed by atoms with Crippen LogP contribution in [-0.4, -0.2) is 30.7 Å². The van der Waals surface area contributed by atoms with Crippen LogP contribution in [0.5, 0.6) is 0 Å². The van der Waals surface area contributed by atoms with Crippen LogP contribution in [-0.2, 0) is 4.74 Å². The molecule has 0 atom stereocenters. The van der Waals surface area contributed by atoms with Crippen molar-refractivity contribution in [1.29, 1.82) is 0 Å². The van der Waals surface area contributed by atoms with Crippen molar-refractivity contribution in [3.05, 3.63) is 0 Å². The number of amides is 1. The molecule has 0 bridgehead atoms. The molecule has 1 aliphatic heterocycles. The summed E-state index contributed by atoms with van der Waals surface area (Å²) >= 11 is 0. The first kappa shape index (κ1) is 15.3. The molecule has 80 valence electrons. The fraction of sp³-hybridized carbons (Fsp3) is 0.875. The minimum atomic E-state index is -0.146. The number of hydrogen-bond acceptors (Lipinski definition) is 2. The van der Waals surface area contributed by atoms with Gasteiger partial charge in [0.05, 0.1) is 6.61 Å². The molecule has 0 saturated carbocycles. The van der Waals surface area contributed by atoms with E-state index in [1.807, 2.05) is 6.92 Å². The average molecular weight is 230 g/mol. The summed E-state index contributed by atoms with van der Waals surface area (Å²) in [6.07, 6.45) is 3.35. The van der Waals surface area contributed by atoms with Crippen molar-refractivity contribution in [2.24, 2.45) is 0 Å². The second-order valence-corrected chi connectivity index (χ2v) is 2.75. The highest BCUT2D eigenvalue weighted by Gasteiger charge is 2.16. The standard InChI is InChI=1S/C8H15NO2.2ClH/c1-2-11-8(10)9-6-4-3-5-7-9;;/h2-7H2,1H3;2*1H. The number of nitrogens with zero attached hydrogens (tertiary/aromatic N) is 1. The lowest BCUT2D eigenvalue weighted by molar-refractivity contribution is 0.0997. The van der Waals surface area contributed by atoms with Gasteiger partial charge in [-0.2, -0.15) is 0 Å². The maximum atomic E-state index is 11.1. The first-order valence-electron chi connectivity index (χ1n) is 4.26. The zero-order valence-electron chi connectivity index (χ0n) is 7.82. The highest BCUT2D eigenvalue weighted by molar-refractivity contribution is 5.85. The lowest BCUT2D eigenvalue weighted by Gasteiger charge is -2.25. The first-order valence-corrected chi connectivity index (χ1v) is 4.26. The summed E-state index contributed by atoms with van der Waals surface area (Å²) in [5.74, 6) is 0. The van der Waals surface area contributed by atoms with Gasteiger partial charge in [0, 0.05) is 13.1 Å². The molecule has 3 nitrogen and oxygen atoms in total. The topological polar surface area (TPSA) is 29.5 Å². The van der Waals surface area contributed by atoms with Crippen LogP contribution in [0.1, 0.15) is 26.2 Å². The summed E-state index contributed by atoms with van der Waals surface area (Å²) < 4.78 is 4.87. The average Bonchev–Trinajstić information content (AvgIpc) is 2.07. The molecule has 5 heteroatoms. The van der Waals surface area contributed by atoms with Gasteiger partial charge in [0.15, 0.2) is 0 Å². The molecule has 1 fully saturated rings. The maximum absolute atomic E-state index is 11.1. The predicted octanol–water partition coefficient (Wildman–Crippen LogP) is 2.47. The van der Waals surface area contributed by atoms with Crippen molar-refractivity contribution in [2.45, 2.75) is 26.2 Å². The van der Waals surface area contributed by atoms with Crippen molar-refractivity contribution in [3.63, 3.8) is 0 Å². The fourth-order valence-electron chi connectivity index (χ4n) is 1.29. The van der Waals surface area contributed by atoms with Crippen LogP contribution >= 0.6 is 24.8 Å². The van der Waals surface area contributed by atoms with Crippen LogP contribution in [0.2, 0.25) is 0 Å². The second-order valence-electron chi connectivity index (χ2n) is 2.75. The van der Waals surface area contributed by atoms with Gasteiger partial charge < -0.3 is 9.64 Å². The molecule has 0 aromatic carbocycles. The SMILES string of the molecule is CCOC(=O)N1CCCCC1.Cl.Cl. The molecule has 1 aliphatic rings. The molecule has 1 heterocycles. The molecular formula is C8H17Cl2NO2. The van der Waals surface area contributed by atoms with Crippen molar-refractivity contribution in [2.75, 3.05) is 19.7 Å². The van der Waals surface area contributed by atoms with E-state index in [2.05, 4.69) is 0 Å². The van der Waals surface area contributed by atoms with Crippen LogP contribution in [0.4, 0.5) is 4.79 Å². The monoisotopic (exact) mass is 229 g/mol. The number of ether oxygens (including phenoxy) is 1. The Kier molecular flexibility index (Phi) is 9.96. The van der Waals surface area contributed by atoms with Crippen molar-refractivity contribution in [1.82, 2.24) is 4.90 Å². The molecule has 0 N–H and O–H groups in total. The normalized spacial score (nSPS) is 15.3. The summed E-state index contributed by atoms with van der Waals surface area (Å²) in [4.78, 5) is 12.9. The second kappa shape index (κ2) is 8.45. The summed E-state index contributed by atoms with van der Waals surface area (Å²) in [6.45, 7) is 4.06. The number of carbonyl (C=O) groups is 1.